The van der Waals surface area contributed by atoms with Crippen LogP contribution in [-0.4, -0.2) is 54.8 Å². The number of hydrogen-bond acceptors (Lipinski definition) is 4. The molecule has 0 bridgehead atoms. The maximum atomic E-state index is 11.7. The van der Waals surface area contributed by atoms with Gasteiger partial charge in [0.25, 0.3) is 0 Å². The molecule has 1 aliphatic rings. The number of hydrazine groups is 1. The van der Waals surface area contributed by atoms with E-state index in [0.29, 0.717) is 6.54 Å². The first-order valence-corrected chi connectivity index (χ1v) is 5.31. The summed E-state index contributed by atoms with van der Waals surface area (Å²) in [5, 5.41) is 1.55. The smallest absolute Gasteiger partial charge is 0.424 e. The van der Waals surface area contributed by atoms with E-state index in [2.05, 4.69) is 10.3 Å². The van der Waals surface area contributed by atoms with Crippen LogP contribution in [0, 0.1) is 0 Å². The highest BCUT2D eigenvalue weighted by Gasteiger charge is 2.23. The highest BCUT2D eigenvalue weighted by atomic mass is 16.6. The molecule has 1 fully saturated rings. The largest absolute Gasteiger partial charge is 0.443 e. The Morgan fingerprint density at radius 2 is 1.93 bits per heavy atom. The zero-order valence-electron chi connectivity index (χ0n) is 10.0. The van der Waals surface area contributed by atoms with Crippen molar-refractivity contribution >= 4 is 6.09 Å². The van der Waals surface area contributed by atoms with E-state index in [4.69, 9.17) is 4.74 Å². The second-order valence-corrected chi connectivity index (χ2v) is 4.84. The molecule has 1 rings (SSSR count). The summed E-state index contributed by atoms with van der Waals surface area (Å²) in [6.07, 6.45) is -0.294. The molecule has 0 saturated carbocycles. The van der Waals surface area contributed by atoms with Crippen molar-refractivity contribution in [2.45, 2.75) is 26.4 Å². The number of ether oxygens (including phenoxy) is 1. The number of likely N-dealkylation sites (N-methyl/N-ethyl adjacent to an activating group) is 1. The lowest BCUT2D eigenvalue weighted by molar-refractivity contribution is 0.0157. The van der Waals surface area contributed by atoms with Gasteiger partial charge in [-0.05, 0) is 27.8 Å². The highest BCUT2D eigenvalue weighted by Crippen LogP contribution is 2.09. The van der Waals surface area contributed by atoms with Gasteiger partial charge in [-0.15, -0.1) is 0 Å². The van der Waals surface area contributed by atoms with Gasteiger partial charge in [-0.3, -0.25) is 0 Å². The van der Waals surface area contributed by atoms with Gasteiger partial charge in [-0.1, -0.05) is 0 Å². The molecular formula is C10H21N3O2. The van der Waals surface area contributed by atoms with Crippen LogP contribution < -0.4 is 5.43 Å². The third-order valence-electron chi connectivity index (χ3n) is 2.12. The van der Waals surface area contributed by atoms with Crippen molar-refractivity contribution in [2.75, 3.05) is 33.2 Å². The lowest BCUT2D eigenvalue weighted by atomic mass is 10.2. The predicted molar refractivity (Wildman–Crippen MR) is 58.4 cm³/mol. The van der Waals surface area contributed by atoms with Gasteiger partial charge in [0.05, 0.1) is 6.54 Å². The van der Waals surface area contributed by atoms with Crippen molar-refractivity contribution in [1.82, 2.24) is 15.3 Å². The molecule has 1 aliphatic heterocycles. The van der Waals surface area contributed by atoms with E-state index in [0.717, 1.165) is 19.6 Å². The predicted octanol–water partition coefficient (Wildman–Crippen LogP) is 0.673. The lowest BCUT2D eigenvalue weighted by Crippen LogP contribution is -2.46. The summed E-state index contributed by atoms with van der Waals surface area (Å²) in [7, 11) is 2.04. The van der Waals surface area contributed by atoms with E-state index >= 15 is 0 Å². The minimum Gasteiger partial charge on any atom is -0.443 e. The van der Waals surface area contributed by atoms with Gasteiger partial charge in [-0.2, -0.15) is 0 Å². The number of carbonyl (C=O) groups excluding carboxylic acids is 1. The molecule has 0 aromatic rings. The number of amides is 1. The van der Waals surface area contributed by atoms with E-state index in [-0.39, 0.29) is 6.09 Å². The van der Waals surface area contributed by atoms with Crippen molar-refractivity contribution in [3.63, 3.8) is 0 Å². The zero-order chi connectivity index (χ0) is 11.5. The summed E-state index contributed by atoms with van der Waals surface area (Å²) in [4.78, 5) is 13.9. The van der Waals surface area contributed by atoms with Crippen LogP contribution >= 0.6 is 0 Å². The maximum absolute atomic E-state index is 11.7. The number of nitrogens with zero attached hydrogens (tertiary/aromatic N) is 2. The quantitative estimate of drug-likeness (QED) is 0.645. The molecule has 0 radical (unpaired) electrons. The summed E-state index contributed by atoms with van der Waals surface area (Å²) in [5.74, 6) is 0. The van der Waals surface area contributed by atoms with E-state index in [1.807, 2.05) is 27.8 Å². The topological polar surface area (TPSA) is 44.8 Å². The third kappa shape index (κ3) is 4.48. The Kier molecular flexibility index (Phi) is 3.93. The van der Waals surface area contributed by atoms with Gasteiger partial charge < -0.3 is 9.64 Å². The van der Waals surface area contributed by atoms with Crippen LogP contribution in [0.5, 0.6) is 0 Å². The molecule has 0 unspecified atom stereocenters. The van der Waals surface area contributed by atoms with Crippen LogP contribution in [0.1, 0.15) is 20.8 Å². The summed E-state index contributed by atoms with van der Waals surface area (Å²) in [6.45, 7) is 8.85. The summed E-state index contributed by atoms with van der Waals surface area (Å²) in [6, 6.07) is 0. The Morgan fingerprint density at radius 3 is 2.53 bits per heavy atom. The number of carbonyl (C=O) groups is 1. The lowest BCUT2D eigenvalue weighted by Gasteiger charge is -2.26. The number of nitrogens with one attached hydrogen (secondary N) is 1. The van der Waals surface area contributed by atoms with Crippen LogP contribution in [0.4, 0.5) is 4.79 Å². The first-order chi connectivity index (χ1) is 6.88. The fourth-order valence-electron chi connectivity index (χ4n) is 1.31. The molecule has 0 aliphatic carbocycles. The summed E-state index contributed by atoms with van der Waals surface area (Å²) < 4.78 is 5.27. The van der Waals surface area contributed by atoms with Crippen molar-refractivity contribution < 1.29 is 9.53 Å². The first kappa shape index (κ1) is 12.3. The van der Waals surface area contributed by atoms with Crippen LogP contribution in [-0.2, 0) is 4.74 Å². The molecule has 15 heavy (non-hydrogen) atoms. The molecule has 1 N–H and O–H groups in total. The van der Waals surface area contributed by atoms with Gasteiger partial charge in [-0.25, -0.2) is 15.2 Å². The van der Waals surface area contributed by atoms with Crippen molar-refractivity contribution in [3.8, 4) is 0 Å². The molecule has 88 valence electrons. The van der Waals surface area contributed by atoms with E-state index in [1.54, 1.807) is 5.01 Å². The number of hydrogen-bond donors (Lipinski definition) is 1. The van der Waals surface area contributed by atoms with Gasteiger partial charge in [0.1, 0.15) is 5.60 Å². The molecule has 1 heterocycles. The van der Waals surface area contributed by atoms with E-state index < -0.39 is 5.60 Å². The molecule has 0 aromatic carbocycles. The van der Waals surface area contributed by atoms with Crippen molar-refractivity contribution in [3.05, 3.63) is 0 Å². The van der Waals surface area contributed by atoms with Crippen LogP contribution in [0.3, 0.4) is 0 Å². The molecule has 1 saturated heterocycles. The summed E-state index contributed by atoms with van der Waals surface area (Å²) >= 11 is 0. The van der Waals surface area contributed by atoms with E-state index in [9.17, 15) is 4.79 Å². The Morgan fingerprint density at radius 1 is 1.27 bits per heavy atom. The highest BCUT2D eigenvalue weighted by molar-refractivity contribution is 5.67. The first-order valence-electron chi connectivity index (χ1n) is 5.31. The molecule has 0 spiro atoms. The molecule has 5 heteroatoms. The maximum Gasteiger partial charge on any atom is 0.424 e. The summed E-state index contributed by atoms with van der Waals surface area (Å²) in [5.41, 5.74) is 2.62. The zero-order valence-corrected chi connectivity index (χ0v) is 10.0. The molecular weight excluding hydrogens is 194 g/mol. The monoisotopic (exact) mass is 215 g/mol. The standard InChI is InChI=1S/C10H21N3O2/c1-10(2,3)15-9(14)13-8-7-12(4)6-5-11-13/h11H,5-8H2,1-4H3. The Balaban J connectivity index is 2.45. The van der Waals surface area contributed by atoms with Gasteiger partial charge in [0.2, 0.25) is 0 Å². The number of rotatable bonds is 0. The average molecular weight is 215 g/mol. The molecule has 0 aromatic heterocycles. The van der Waals surface area contributed by atoms with Gasteiger partial charge in [0.15, 0.2) is 0 Å². The Labute approximate surface area is 91.3 Å². The SMILES string of the molecule is CN1CCNN(C(=O)OC(C)(C)C)CC1. The van der Waals surface area contributed by atoms with Crippen LogP contribution in [0.15, 0.2) is 0 Å². The second-order valence-electron chi connectivity index (χ2n) is 4.84. The van der Waals surface area contributed by atoms with Crippen molar-refractivity contribution in [2.24, 2.45) is 0 Å². The Bertz CT molecular complexity index is 225. The Hall–Kier alpha value is -0.810. The van der Waals surface area contributed by atoms with E-state index in [1.165, 1.54) is 0 Å². The molecule has 0 atom stereocenters. The fourth-order valence-corrected chi connectivity index (χ4v) is 1.31. The average Bonchev–Trinajstić information content (AvgIpc) is 2.26. The third-order valence-corrected chi connectivity index (χ3v) is 2.12. The molecule has 1 amide bonds. The molecule has 5 nitrogen and oxygen atoms in total. The minimum absolute atomic E-state index is 0.294. The normalized spacial score (nSPS) is 19.9. The fraction of sp³-hybridized carbons (Fsp3) is 0.900. The van der Waals surface area contributed by atoms with Crippen molar-refractivity contribution in [1.29, 1.82) is 0 Å². The van der Waals surface area contributed by atoms with Crippen LogP contribution in [0.2, 0.25) is 0 Å². The van der Waals surface area contributed by atoms with Gasteiger partial charge in [0, 0.05) is 19.6 Å². The minimum atomic E-state index is -0.434. The van der Waals surface area contributed by atoms with Crippen LogP contribution in [0.25, 0.3) is 0 Å². The second kappa shape index (κ2) is 4.81. The van der Waals surface area contributed by atoms with Gasteiger partial charge >= 0.3 is 6.09 Å².